The zero-order chi connectivity index (χ0) is 22.7. The smallest absolute Gasteiger partial charge is 0.261 e. The molecule has 6 nitrogen and oxygen atoms in total. The molecule has 6 heteroatoms. The molecule has 1 N–H and O–H groups in total. The van der Waals surface area contributed by atoms with Gasteiger partial charge in [0.1, 0.15) is 0 Å². The van der Waals surface area contributed by atoms with Gasteiger partial charge in [0.2, 0.25) is 5.91 Å². The summed E-state index contributed by atoms with van der Waals surface area (Å²) in [5.74, 6) is -0.683. The van der Waals surface area contributed by atoms with Gasteiger partial charge < -0.3 is 10.2 Å². The van der Waals surface area contributed by atoms with E-state index in [4.69, 9.17) is 0 Å². The SMILES string of the molecule is CN(C)Cc1ccc(CNC(=O)CCCN2C(=O)c3cccc4cccc(c34)C2=O)cc1. The summed E-state index contributed by atoms with van der Waals surface area (Å²) in [4.78, 5) is 41.4. The highest BCUT2D eigenvalue weighted by molar-refractivity contribution is 6.25. The second kappa shape index (κ2) is 9.32. The Morgan fingerprint density at radius 2 is 1.47 bits per heavy atom. The van der Waals surface area contributed by atoms with Gasteiger partial charge in [0.15, 0.2) is 0 Å². The monoisotopic (exact) mass is 429 g/mol. The number of rotatable bonds is 8. The fourth-order valence-electron chi connectivity index (χ4n) is 4.10. The number of hydrogen-bond donors (Lipinski definition) is 1. The number of carbonyl (C=O) groups is 3. The second-order valence-electron chi connectivity index (χ2n) is 8.41. The van der Waals surface area contributed by atoms with Crippen LogP contribution in [0.2, 0.25) is 0 Å². The van der Waals surface area contributed by atoms with E-state index in [9.17, 15) is 14.4 Å². The minimum absolute atomic E-state index is 0.0956. The summed E-state index contributed by atoms with van der Waals surface area (Å²) >= 11 is 0. The third kappa shape index (κ3) is 4.55. The van der Waals surface area contributed by atoms with E-state index in [1.807, 2.05) is 50.5 Å². The van der Waals surface area contributed by atoms with Crippen LogP contribution in [-0.2, 0) is 17.9 Å². The number of nitrogens with one attached hydrogen (secondary N) is 1. The van der Waals surface area contributed by atoms with Crippen molar-refractivity contribution in [1.29, 1.82) is 0 Å². The summed E-state index contributed by atoms with van der Waals surface area (Å²) in [5, 5.41) is 4.52. The molecule has 0 aromatic heterocycles. The van der Waals surface area contributed by atoms with Gasteiger partial charge in [-0.15, -0.1) is 0 Å². The fourth-order valence-corrected chi connectivity index (χ4v) is 4.10. The third-order valence-electron chi connectivity index (χ3n) is 5.65. The normalized spacial score (nSPS) is 13.2. The highest BCUT2D eigenvalue weighted by Crippen LogP contribution is 2.30. The van der Waals surface area contributed by atoms with Crippen LogP contribution in [0.5, 0.6) is 0 Å². The first kappa shape index (κ1) is 21.7. The van der Waals surface area contributed by atoms with Crippen LogP contribution in [0, 0.1) is 0 Å². The molecule has 0 aliphatic carbocycles. The minimum Gasteiger partial charge on any atom is -0.352 e. The van der Waals surface area contributed by atoms with Crippen LogP contribution in [0.25, 0.3) is 10.8 Å². The Kier molecular flexibility index (Phi) is 6.32. The maximum absolute atomic E-state index is 12.9. The van der Waals surface area contributed by atoms with E-state index in [0.29, 0.717) is 24.1 Å². The number of amides is 3. The molecule has 0 saturated heterocycles. The van der Waals surface area contributed by atoms with E-state index < -0.39 is 0 Å². The summed E-state index contributed by atoms with van der Waals surface area (Å²) in [6.45, 7) is 1.55. The first-order valence-electron chi connectivity index (χ1n) is 10.8. The van der Waals surface area contributed by atoms with E-state index >= 15 is 0 Å². The van der Waals surface area contributed by atoms with Crippen LogP contribution in [0.4, 0.5) is 0 Å². The van der Waals surface area contributed by atoms with Gasteiger partial charge in [0.25, 0.3) is 11.8 Å². The Balaban J connectivity index is 1.30. The molecule has 1 aliphatic heterocycles. The third-order valence-corrected chi connectivity index (χ3v) is 5.65. The van der Waals surface area contributed by atoms with Crippen molar-refractivity contribution >= 4 is 28.5 Å². The average Bonchev–Trinajstić information content (AvgIpc) is 2.78. The number of hydrogen-bond acceptors (Lipinski definition) is 4. The number of benzene rings is 3. The number of nitrogens with zero attached hydrogens (tertiary/aromatic N) is 2. The van der Waals surface area contributed by atoms with Crippen molar-refractivity contribution in [1.82, 2.24) is 15.1 Å². The molecule has 3 aromatic rings. The highest BCUT2D eigenvalue weighted by atomic mass is 16.2. The van der Waals surface area contributed by atoms with Crippen molar-refractivity contribution in [3.63, 3.8) is 0 Å². The average molecular weight is 430 g/mol. The summed E-state index contributed by atoms with van der Waals surface area (Å²) in [6, 6.07) is 19.1. The molecule has 164 valence electrons. The van der Waals surface area contributed by atoms with Crippen LogP contribution in [-0.4, -0.2) is 48.2 Å². The molecule has 0 saturated carbocycles. The van der Waals surface area contributed by atoms with Crippen LogP contribution in [0.3, 0.4) is 0 Å². The van der Waals surface area contributed by atoms with Gasteiger partial charge in [0, 0.05) is 42.6 Å². The molecule has 0 spiro atoms. The molecule has 0 atom stereocenters. The van der Waals surface area contributed by atoms with Crippen molar-refractivity contribution in [2.45, 2.75) is 25.9 Å². The van der Waals surface area contributed by atoms with Crippen molar-refractivity contribution in [3.8, 4) is 0 Å². The van der Waals surface area contributed by atoms with Crippen LogP contribution in [0.15, 0.2) is 60.7 Å². The maximum atomic E-state index is 12.9. The minimum atomic E-state index is -0.294. The molecule has 32 heavy (non-hydrogen) atoms. The Morgan fingerprint density at radius 1 is 0.875 bits per heavy atom. The molecular weight excluding hydrogens is 402 g/mol. The molecule has 0 bridgehead atoms. The topological polar surface area (TPSA) is 69.7 Å². The summed E-state index contributed by atoms with van der Waals surface area (Å²) in [6.07, 6.45) is 0.671. The van der Waals surface area contributed by atoms with Crippen LogP contribution >= 0.6 is 0 Å². The standard InChI is InChI=1S/C26H27N3O3/c1-28(2)17-19-13-11-18(12-14-19)16-27-23(30)10-5-15-29-25(31)21-8-3-6-20-7-4-9-22(24(20)21)26(29)32/h3-4,6-9,11-14H,5,10,15-17H2,1-2H3,(H,27,30). The Labute approximate surface area is 187 Å². The van der Waals surface area contributed by atoms with Crippen molar-refractivity contribution in [3.05, 3.63) is 82.9 Å². The van der Waals surface area contributed by atoms with E-state index in [1.165, 1.54) is 10.5 Å². The summed E-state index contributed by atoms with van der Waals surface area (Å²) in [5.41, 5.74) is 3.34. The van der Waals surface area contributed by atoms with Gasteiger partial charge in [-0.2, -0.15) is 0 Å². The lowest BCUT2D eigenvalue weighted by atomic mass is 9.94. The predicted molar refractivity (Wildman–Crippen MR) is 124 cm³/mol. The van der Waals surface area contributed by atoms with Crippen molar-refractivity contribution in [2.24, 2.45) is 0 Å². The van der Waals surface area contributed by atoms with E-state index in [-0.39, 0.29) is 30.7 Å². The number of imide groups is 1. The lowest BCUT2D eigenvalue weighted by molar-refractivity contribution is -0.121. The first-order valence-corrected chi connectivity index (χ1v) is 10.8. The fraction of sp³-hybridized carbons (Fsp3) is 0.269. The van der Waals surface area contributed by atoms with Gasteiger partial charge >= 0.3 is 0 Å². The van der Waals surface area contributed by atoms with E-state index in [1.54, 1.807) is 12.1 Å². The molecule has 4 rings (SSSR count). The summed E-state index contributed by atoms with van der Waals surface area (Å²) in [7, 11) is 4.05. The Morgan fingerprint density at radius 3 is 2.06 bits per heavy atom. The van der Waals surface area contributed by atoms with Gasteiger partial charge in [-0.1, -0.05) is 48.5 Å². The highest BCUT2D eigenvalue weighted by Gasteiger charge is 2.32. The second-order valence-corrected chi connectivity index (χ2v) is 8.41. The van der Waals surface area contributed by atoms with Gasteiger partial charge in [0.05, 0.1) is 0 Å². The van der Waals surface area contributed by atoms with Gasteiger partial charge in [-0.25, -0.2) is 0 Å². The lowest BCUT2D eigenvalue weighted by Crippen LogP contribution is -2.41. The molecule has 0 unspecified atom stereocenters. The first-order chi connectivity index (χ1) is 15.4. The maximum Gasteiger partial charge on any atom is 0.261 e. The molecule has 3 amide bonds. The van der Waals surface area contributed by atoms with E-state index in [0.717, 1.165) is 22.9 Å². The van der Waals surface area contributed by atoms with Crippen LogP contribution < -0.4 is 5.32 Å². The molecule has 0 radical (unpaired) electrons. The largest absolute Gasteiger partial charge is 0.352 e. The van der Waals surface area contributed by atoms with Crippen molar-refractivity contribution in [2.75, 3.05) is 20.6 Å². The zero-order valence-electron chi connectivity index (χ0n) is 18.4. The Bertz CT molecular complexity index is 1120. The molecule has 3 aromatic carbocycles. The Hall–Kier alpha value is -3.51. The molecule has 0 fully saturated rings. The van der Waals surface area contributed by atoms with Gasteiger partial charge in [-0.05, 0) is 49.2 Å². The number of carbonyl (C=O) groups excluding carboxylic acids is 3. The van der Waals surface area contributed by atoms with Crippen LogP contribution in [0.1, 0.15) is 44.7 Å². The van der Waals surface area contributed by atoms with Crippen molar-refractivity contribution < 1.29 is 14.4 Å². The van der Waals surface area contributed by atoms with E-state index in [2.05, 4.69) is 22.3 Å². The summed E-state index contributed by atoms with van der Waals surface area (Å²) < 4.78 is 0. The molecular formula is C26H27N3O3. The zero-order valence-corrected chi connectivity index (χ0v) is 18.4. The predicted octanol–water partition coefficient (Wildman–Crippen LogP) is 3.59. The van der Waals surface area contributed by atoms with Gasteiger partial charge in [-0.3, -0.25) is 19.3 Å². The molecule has 1 aliphatic rings. The molecule has 1 heterocycles. The lowest BCUT2D eigenvalue weighted by Gasteiger charge is -2.27. The quantitative estimate of drug-likeness (QED) is 0.556.